The molecule has 1 rings (SSSR count). The molecule has 0 amide bonds. The average molecular weight is 264 g/mol. The Labute approximate surface area is 117 Å². The molecule has 0 aliphatic carbocycles. The molecule has 1 aromatic carbocycles. The Kier molecular flexibility index (Phi) is 6.32. The second kappa shape index (κ2) is 7.51. The first kappa shape index (κ1) is 16.0. The van der Waals surface area contributed by atoms with E-state index in [1.54, 1.807) is 0 Å². The van der Waals surface area contributed by atoms with E-state index in [1.165, 1.54) is 5.56 Å². The third-order valence-electron chi connectivity index (χ3n) is 3.13. The van der Waals surface area contributed by atoms with Crippen molar-refractivity contribution in [3.63, 3.8) is 0 Å². The highest BCUT2D eigenvalue weighted by molar-refractivity contribution is 5.32. The van der Waals surface area contributed by atoms with Gasteiger partial charge in [0, 0.05) is 25.0 Å². The van der Waals surface area contributed by atoms with Crippen molar-refractivity contribution >= 4 is 0 Å². The molecule has 1 aromatic rings. The molecule has 0 heterocycles. The van der Waals surface area contributed by atoms with Crippen molar-refractivity contribution < 1.29 is 4.74 Å². The summed E-state index contributed by atoms with van der Waals surface area (Å²) >= 11 is 0. The van der Waals surface area contributed by atoms with Crippen molar-refractivity contribution in [1.29, 1.82) is 0 Å². The molecule has 108 valence electrons. The van der Waals surface area contributed by atoms with Gasteiger partial charge in [-0.3, -0.25) is 0 Å². The van der Waals surface area contributed by atoms with Gasteiger partial charge in [0.15, 0.2) is 0 Å². The summed E-state index contributed by atoms with van der Waals surface area (Å²) in [6.07, 6.45) is 0.224. The van der Waals surface area contributed by atoms with Gasteiger partial charge in [0.05, 0.1) is 6.10 Å². The van der Waals surface area contributed by atoms with E-state index in [1.807, 2.05) is 20.9 Å². The maximum Gasteiger partial charge on any atom is 0.119 e. The average Bonchev–Trinajstić information content (AvgIpc) is 2.35. The summed E-state index contributed by atoms with van der Waals surface area (Å²) in [5.41, 5.74) is 1.46. The van der Waals surface area contributed by atoms with Crippen molar-refractivity contribution in [2.45, 2.75) is 39.2 Å². The Morgan fingerprint density at radius 3 is 2.26 bits per heavy atom. The van der Waals surface area contributed by atoms with E-state index < -0.39 is 0 Å². The monoisotopic (exact) mass is 264 g/mol. The van der Waals surface area contributed by atoms with Crippen molar-refractivity contribution in [2.24, 2.45) is 0 Å². The van der Waals surface area contributed by atoms with Gasteiger partial charge in [-0.1, -0.05) is 26.0 Å². The minimum atomic E-state index is 0.129. The largest absolute Gasteiger partial charge is 0.491 e. The van der Waals surface area contributed by atoms with Crippen LogP contribution < -0.4 is 15.4 Å². The van der Waals surface area contributed by atoms with Gasteiger partial charge >= 0.3 is 0 Å². The number of nitrogens with one attached hydrogen (secondary N) is 2. The molecule has 0 aliphatic heterocycles. The lowest BCUT2D eigenvalue weighted by Gasteiger charge is -2.26. The van der Waals surface area contributed by atoms with Gasteiger partial charge in [0.25, 0.3) is 0 Å². The number of benzene rings is 1. The zero-order valence-corrected chi connectivity index (χ0v) is 12.9. The number of ether oxygens (including phenoxy) is 1. The maximum absolute atomic E-state index is 5.67. The molecule has 0 aliphatic rings. The minimum absolute atomic E-state index is 0.129. The van der Waals surface area contributed by atoms with E-state index in [-0.39, 0.29) is 11.5 Å². The molecule has 0 spiro atoms. The Balaban J connectivity index is 2.57. The Morgan fingerprint density at radius 1 is 1.11 bits per heavy atom. The van der Waals surface area contributed by atoms with Crippen LogP contribution in [-0.2, 0) is 5.41 Å². The van der Waals surface area contributed by atoms with Gasteiger partial charge < -0.3 is 15.4 Å². The molecule has 0 bridgehead atoms. The predicted molar refractivity (Wildman–Crippen MR) is 82.0 cm³/mol. The Hall–Kier alpha value is -1.06. The Morgan fingerprint density at radius 2 is 1.74 bits per heavy atom. The van der Waals surface area contributed by atoms with Crippen molar-refractivity contribution in [3.05, 3.63) is 29.8 Å². The second-order valence-corrected chi connectivity index (χ2v) is 5.86. The summed E-state index contributed by atoms with van der Waals surface area (Å²) in [6, 6.07) is 8.45. The SMILES string of the molecule is CNCCNCC(C)(C)c1ccc(OC(C)C)cc1. The van der Waals surface area contributed by atoms with Gasteiger partial charge in [0.1, 0.15) is 5.75 Å². The lowest BCUT2D eigenvalue weighted by atomic mass is 9.84. The van der Waals surface area contributed by atoms with Gasteiger partial charge in [-0.05, 0) is 38.6 Å². The van der Waals surface area contributed by atoms with Crippen molar-refractivity contribution in [3.8, 4) is 5.75 Å². The third-order valence-corrected chi connectivity index (χ3v) is 3.13. The minimum Gasteiger partial charge on any atom is -0.491 e. The van der Waals surface area contributed by atoms with E-state index in [2.05, 4.69) is 48.7 Å². The normalized spacial score (nSPS) is 11.9. The summed E-state index contributed by atoms with van der Waals surface area (Å²) in [6.45, 7) is 11.6. The summed E-state index contributed by atoms with van der Waals surface area (Å²) in [5, 5.41) is 6.62. The van der Waals surface area contributed by atoms with E-state index >= 15 is 0 Å². The van der Waals surface area contributed by atoms with Crippen LogP contribution in [0, 0.1) is 0 Å². The van der Waals surface area contributed by atoms with Crippen LogP contribution in [0.2, 0.25) is 0 Å². The second-order valence-electron chi connectivity index (χ2n) is 5.86. The van der Waals surface area contributed by atoms with Crippen LogP contribution in [0.4, 0.5) is 0 Å². The molecule has 0 atom stereocenters. The van der Waals surface area contributed by atoms with Gasteiger partial charge in [-0.15, -0.1) is 0 Å². The smallest absolute Gasteiger partial charge is 0.119 e. The lowest BCUT2D eigenvalue weighted by molar-refractivity contribution is 0.242. The van der Waals surface area contributed by atoms with E-state index in [0.717, 1.165) is 25.4 Å². The van der Waals surface area contributed by atoms with Crippen molar-refractivity contribution in [1.82, 2.24) is 10.6 Å². The molecule has 3 nitrogen and oxygen atoms in total. The van der Waals surface area contributed by atoms with Crippen LogP contribution in [0.5, 0.6) is 5.75 Å². The summed E-state index contributed by atoms with van der Waals surface area (Å²) < 4.78 is 5.67. The summed E-state index contributed by atoms with van der Waals surface area (Å²) in [5.74, 6) is 0.942. The number of rotatable bonds is 8. The molecule has 0 saturated carbocycles. The fourth-order valence-corrected chi connectivity index (χ4v) is 1.97. The molecule has 3 heteroatoms. The molecule has 2 N–H and O–H groups in total. The van der Waals surface area contributed by atoms with Crippen LogP contribution >= 0.6 is 0 Å². The maximum atomic E-state index is 5.67. The van der Waals surface area contributed by atoms with Crippen LogP contribution in [0.3, 0.4) is 0 Å². The predicted octanol–water partition coefficient (Wildman–Crippen LogP) is 2.56. The molecule has 0 fully saturated rings. The van der Waals surface area contributed by atoms with Crippen LogP contribution in [0.1, 0.15) is 33.3 Å². The molecule has 19 heavy (non-hydrogen) atoms. The van der Waals surface area contributed by atoms with E-state index in [0.29, 0.717) is 0 Å². The van der Waals surface area contributed by atoms with Gasteiger partial charge in [0.2, 0.25) is 0 Å². The highest BCUT2D eigenvalue weighted by atomic mass is 16.5. The molecular weight excluding hydrogens is 236 g/mol. The zero-order valence-electron chi connectivity index (χ0n) is 12.9. The van der Waals surface area contributed by atoms with Crippen LogP contribution in [-0.4, -0.2) is 32.8 Å². The van der Waals surface area contributed by atoms with E-state index in [9.17, 15) is 0 Å². The topological polar surface area (TPSA) is 33.3 Å². The zero-order chi connectivity index (χ0) is 14.3. The molecule has 0 saturated heterocycles. The van der Waals surface area contributed by atoms with Crippen LogP contribution in [0.15, 0.2) is 24.3 Å². The highest BCUT2D eigenvalue weighted by Crippen LogP contribution is 2.24. The number of likely N-dealkylation sites (N-methyl/N-ethyl adjacent to an activating group) is 1. The fraction of sp³-hybridized carbons (Fsp3) is 0.625. The summed E-state index contributed by atoms with van der Waals surface area (Å²) in [4.78, 5) is 0. The quantitative estimate of drug-likeness (QED) is 0.708. The molecule has 0 radical (unpaired) electrons. The molecule has 0 unspecified atom stereocenters. The number of hydrogen-bond donors (Lipinski definition) is 2. The number of hydrogen-bond acceptors (Lipinski definition) is 3. The van der Waals surface area contributed by atoms with E-state index in [4.69, 9.17) is 4.74 Å². The highest BCUT2D eigenvalue weighted by Gasteiger charge is 2.19. The first-order valence-electron chi connectivity index (χ1n) is 7.08. The third kappa shape index (κ3) is 5.62. The Bertz CT molecular complexity index is 358. The lowest BCUT2D eigenvalue weighted by Crippen LogP contribution is -2.36. The van der Waals surface area contributed by atoms with Crippen molar-refractivity contribution in [2.75, 3.05) is 26.7 Å². The van der Waals surface area contributed by atoms with Gasteiger partial charge in [-0.2, -0.15) is 0 Å². The first-order valence-corrected chi connectivity index (χ1v) is 7.08. The molecular formula is C16H28N2O. The first-order chi connectivity index (χ1) is 8.95. The van der Waals surface area contributed by atoms with Gasteiger partial charge in [-0.25, -0.2) is 0 Å². The fourth-order valence-electron chi connectivity index (χ4n) is 1.97. The molecule has 0 aromatic heterocycles. The standard InChI is InChI=1S/C16H28N2O/c1-13(2)19-15-8-6-14(7-9-15)16(3,4)12-18-11-10-17-5/h6-9,13,17-18H,10-12H2,1-5H3. The van der Waals surface area contributed by atoms with Crippen LogP contribution in [0.25, 0.3) is 0 Å². The summed E-state index contributed by atoms with van der Waals surface area (Å²) in [7, 11) is 1.97.